The molecule has 17 heavy (non-hydrogen) atoms. The van der Waals surface area contributed by atoms with E-state index in [1.807, 2.05) is 6.07 Å². The monoisotopic (exact) mass is 313 g/mol. The first-order valence-corrected chi connectivity index (χ1v) is 6.08. The molecule has 7 heteroatoms. The molecule has 0 aromatic carbocycles. The van der Waals surface area contributed by atoms with E-state index in [0.717, 1.165) is 17.4 Å². The SMILES string of the molecule is N#Cc1cc(F)c(C(O)c2nccc(Br)n2)s1. The van der Waals surface area contributed by atoms with Gasteiger partial charge in [-0.15, -0.1) is 11.3 Å². The van der Waals surface area contributed by atoms with Crippen LogP contribution in [-0.2, 0) is 0 Å². The Morgan fingerprint density at radius 3 is 2.94 bits per heavy atom. The number of aromatic nitrogens is 2. The lowest BCUT2D eigenvalue weighted by Crippen LogP contribution is -2.04. The fourth-order valence-electron chi connectivity index (χ4n) is 1.22. The van der Waals surface area contributed by atoms with Crippen LogP contribution in [0, 0.1) is 17.1 Å². The van der Waals surface area contributed by atoms with Gasteiger partial charge in [-0.3, -0.25) is 0 Å². The predicted octanol–water partition coefficient (Wildman–Crippen LogP) is 2.39. The Morgan fingerprint density at radius 1 is 1.59 bits per heavy atom. The number of hydrogen-bond donors (Lipinski definition) is 1. The molecule has 4 nitrogen and oxygen atoms in total. The van der Waals surface area contributed by atoms with E-state index in [1.54, 1.807) is 6.07 Å². The number of nitriles is 1. The van der Waals surface area contributed by atoms with Crippen LogP contribution in [0.3, 0.4) is 0 Å². The van der Waals surface area contributed by atoms with Crippen LogP contribution in [-0.4, -0.2) is 15.1 Å². The van der Waals surface area contributed by atoms with Crippen molar-refractivity contribution in [3.63, 3.8) is 0 Å². The van der Waals surface area contributed by atoms with E-state index >= 15 is 0 Å². The summed E-state index contributed by atoms with van der Waals surface area (Å²) in [7, 11) is 0. The van der Waals surface area contributed by atoms with Crippen LogP contribution in [0.5, 0.6) is 0 Å². The second-order valence-corrected chi connectivity index (χ2v) is 4.97. The lowest BCUT2D eigenvalue weighted by molar-refractivity contribution is 0.208. The molecule has 0 radical (unpaired) electrons. The second-order valence-electron chi connectivity index (χ2n) is 3.07. The molecule has 0 aliphatic carbocycles. The maximum atomic E-state index is 13.5. The van der Waals surface area contributed by atoms with E-state index in [2.05, 4.69) is 25.9 Å². The van der Waals surface area contributed by atoms with Gasteiger partial charge < -0.3 is 5.11 Å². The third kappa shape index (κ3) is 2.49. The number of aliphatic hydroxyl groups is 1. The molecule has 0 saturated carbocycles. The number of rotatable bonds is 2. The van der Waals surface area contributed by atoms with E-state index in [0.29, 0.717) is 4.60 Å². The van der Waals surface area contributed by atoms with Crippen LogP contribution in [0.1, 0.15) is 21.7 Å². The Morgan fingerprint density at radius 2 is 2.35 bits per heavy atom. The van der Waals surface area contributed by atoms with Gasteiger partial charge in [-0.05, 0) is 22.0 Å². The Labute approximate surface area is 109 Å². The van der Waals surface area contributed by atoms with Crippen molar-refractivity contribution in [1.29, 1.82) is 5.26 Å². The quantitative estimate of drug-likeness (QED) is 0.864. The minimum Gasteiger partial charge on any atom is -0.379 e. The molecule has 2 heterocycles. The molecule has 2 aromatic heterocycles. The number of halogens is 2. The highest BCUT2D eigenvalue weighted by molar-refractivity contribution is 9.10. The third-order valence-electron chi connectivity index (χ3n) is 1.96. The number of hydrogen-bond acceptors (Lipinski definition) is 5. The van der Waals surface area contributed by atoms with Gasteiger partial charge in [0, 0.05) is 12.3 Å². The molecule has 0 aliphatic heterocycles. The molecule has 1 unspecified atom stereocenters. The van der Waals surface area contributed by atoms with Crippen molar-refractivity contribution in [1.82, 2.24) is 9.97 Å². The first-order chi connectivity index (χ1) is 8.11. The second kappa shape index (κ2) is 4.87. The van der Waals surface area contributed by atoms with Crippen LogP contribution in [0.4, 0.5) is 4.39 Å². The molecule has 0 amide bonds. The zero-order valence-corrected chi connectivity index (χ0v) is 10.7. The average Bonchev–Trinajstić information content (AvgIpc) is 2.69. The van der Waals surface area contributed by atoms with Gasteiger partial charge in [-0.25, -0.2) is 14.4 Å². The van der Waals surface area contributed by atoms with E-state index in [1.165, 1.54) is 6.20 Å². The molecule has 1 atom stereocenters. The van der Waals surface area contributed by atoms with E-state index in [-0.39, 0.29) is 15.6 Å². The Balaban J connectivity index is 2.40. The average molecular weight is 314 g/mol. The molecule has 0 bridgehead atoms. The minimum absolute atomic E-state index is 0.0413. The third-order valence-corrected chi connectivity index (χ3v) is 3.47. The summed E-state index contributed by atoms with van der Waals surface area (Å²) in [5.74, 6) is -0.535. The normalized spacial score (nSPS) is 12.1. The summed E-state index contributed by atoms with van der Waals surface area (Å²) in [6, 6.07) is 4.51. The lowest BCUT2D eigenvalue weighted by Gasteiger charge is -2.06. The van der Waals surface area contributed by atoms with E-state index in [4.69, 9.17) is 5.26 Å². The zero-order chi connectivity index (χ0) is 12.4. The Kier molecular flexibility index (Phi) is 3.47. The van der Waals surface area contributed by atoms with Crippen LogP contribution < -0.4 is 0 Å². The standard InChI is InChI=1S/C10H5BrFN3OS/c11-7-1-2-14-10(15-7)8(16)9-6(12)3-5(4-13)17-9/h1-3,8,16H. The Hall–Kier alpha value is -1.36. The van der Waals surface area contributed by atoms with Crippen molar-refractivity contribution in [3.8, 4) is 6.07 Å². The molecule has 0 fully saturated rings. The summed E-state index contributed by atoms with van der Waals surface area (Å²) in [5.41, 5.74) is 0. The molecule has 2 aromatic rings. The molecule has 0 saturated heterocycles. The largest absolute Gasteiger partial charge is 0.379 e. The van der Waals surface area contributed by atoms with Gasteiger partial charge in [-0.1, -0.05) is 0 Å². The highest BCUT2D eigenvalue weighted by Gasteiger charge is 2.21. The maximum absolute atomic E-state index is 13.5. The highest BCUT2D eigenvalue weighted by Crippen LogP contribution is 2.29. The summed E-state index contributed by atoms with van der Waals surface area (Å²) < 4.78 is 14.0. The van der Waals surface area contributed by atoms with Crippen molar-refractivity contribution < 1.29 is 9.50 Å². The summed E-state index contributed by atoms with van der Waals surface area (Å²) in [4.78, 5) is 8.04. The first kappa shape index (κ1) is 12.1. The molecule has 1 N–H and O–H groups in total. The van der Waals surface area contributed by atoms with Gasteiger partial charge in [0.25, 0.3) is 0 Å². The van der Waals surface area contributed by atoms with Crippen LogP contribution in [0.2, 0.25) is 0 Å². The summed E-state index contributed by atoms with van der Waals surface area (Å²) >= 11 is 4.02. The summed E-state index contributed by atoms with van der Waals surface area (Å²) in [5, 5.41) is 18.6. The Bertz CT molecular complexity index is 595. The molecular formula is C10H5BrFN3OS. The fraction of sp³-hybridized carbons (Fsp3) is 0.100. The van der Waals surface area contributed by atoms with Crippen LogP contribution in [0.15, 0.2) is 22.9 Å². The first-order valence-electron chi connectivity index (χ1n) is 4.47. The molecule has 0 spiro atoms. The van der Waals surface area contributed by atoms with Gasteiger partial charge in [0.15, 0.2) is 11.9 Å². The van der Waals surface area contributed by atoms with Gasteiger partial charge in [0.1, 0.15) is 21.4 Å². The van der Waals surface area contributed by atoms with Crippen molar-refractivity contribution >= 4 is 27.3 Å². The number of aliphatic hydroxyl groups excluding tert-OH is 1. The molecule has 0 aliphatic rings. The van der Waals surface area contributed by atoms with E-state index in [9.17, 15) is 9.50 Å². The minimum atomic E-state index is -1.26. The molecular weight excluding hydrogens is 309 g/mol. The van der Waals surface area contributed by atoms with Gasteiger partial charge in [0.05, 0.1) is 4.88 Å². The van der Waals surface area contributed by atoms with Crippen molar-refractivity contribution in [2.24, 2.45) is 0 Å². The predicted molar refractivity (Wildman–Crippen MR) is 62.8 cm³/mol. The van der Waals surface area contributed by atoms with Crippen LogP contribution in [0.25, 0.3) is 0 Å². The van der Waals surface area contributed by atoms with Crippen molar-refractivity contribution in [3.05, 3.63) is 44.3 Å². The fourth-order valence-corrected chi connectivity index (χ4v) is 2.34. The summed E-state index contributed by atoms with van der Waals surface area (Å²) in [6.45, 7) is 0. The van der Waals surface area contributed by atoms with Crippen molar-refractivity contribution in [2.45, 2.75) is 6.10 Å². The topological polar surface area (TPSA) is 69.8 Å². The smallest absolute Gasteiger partial charge is 0.163 e. The summed E-state index contributed by atoms with van der Waals surface area (Å²) in [6.07, 6.45) is 0.186. The molecule has 2 rings (SSSR count). The number of thiophene rings is 1. The van der Waals surface area contributed by atoms with Gasteiger partial charge >= 0.3 is 0 Å². The van der Waals surface area contributed by atoms with Gasteiger partial charge in [0.2, 0.25) is 0 Å². The van der Waals surface area contributed by atoms with Crippen LogP contribution >= 0.6 is 27.3 Å². The van der Waals surface area contributed by atoms with E-state index < -0.39 is 11.9 Å². The molecule has 86 valence electrons. The lowest BCUT2D eigenvalue weighted by atomic mass is 10.2. The zero-order valence-electron chi connectivity index (χ0n) is 8.26. The number of nitrogens with zero attached hydrogens (tertiary/aromatic N) is 3. The van der Waals surface area contributed by atoms with Crippen molar-refractivity contribution in [2.75, 3.05) is 0 Å². The highest BCUT2D eigenvalue weighted by atomic mass is 79.9. The maximum Gasteiger partial charge on any atom is 0.163 e. The van der Waals surface area contributed by atoms with Gasteiger partial charge in [-0.2, -0.15) is 5.26 Å².